The molecule has 6 nitrogen and oxygen atoms in total. The lowest BCUT2D eigenvalue weighted by molar-refractivity contribution is -0.385. The second kappa shape index (κ2) is 4.50. The van der Waals surface area contributed by atoms with Crippen LogP contribution in [0.5, 0.6) is 0 Å². The van der Waals surface area contributed by atoms with Crippen molar-refractivity contribution in [2.75, 3.05) is 18.5 Å². The number of hydrogen-bond acceptors (Lipinski definition) is 4. The Labute approximate surface area is 97.7 Å². The summed E-state index contributed by atoms with van der Waals surface area (Å²) < 4.78 is 4.92. The first kappa shape index (κ1) is 11.5. The van der Waals surface area contributed by atoms with Gasteiger partial charge in [0.15, 0.2) is 0 Å². The number of amides is 1. The summed E-state index contributed by atoms with van der Waals surface area (Å²) in [5.74, 6) is -0.298. The van der Waals surface area contributed by atoms with Gasteiger partial charge >= 0.3 is 0 Å². The summed E-state index contributed by atoms with van der Waals surface area (Å²) >= 11 is 0. The molecular formula is C11H12N2O4. The first-order valence-electron chi connectivity index (χ1n) is 5.22. The fourth-order valence-corrected chi connectivity index (χ4v) is 1.58. The Morgan fingerprint density at radius 2 is 2.24 bits per heavy atom. The average Bonchev–Trinajstić information content (AvgIpc) is 2.18. The van der Waals surface area contributed by atoms with Crippen LogP contribution in [0.15, 0.2) is 18.2 Å². The van der Waals surface area contributed by atoms with Crippen LogP contribution in [0.4, 0.5) is 11.4 Å². The zero-order valence-corrected chi connectivity index (χ0v) is 9.30. The van der Waals surface area contributed by atoms with Crippen LogP contribution in [0.2, 0.25) is 0 Å². The summed E-state index contributed by atoms with van der Waals surface area (Å²) in [6.45, 7) is 2.45. The zero-order valence-electron chi connectivity index (χ0n) is 9.30. The lowest BCUT2D eigenvalue weighted by Gasteiger charge is -2.24. The number of nitrogens with one attached hydrogen (secondary N) is 1. The molecule has 1 aliphatic heterocycles. The molecule has 0 atom stereocenters. The molecular weight excluding hydrogens is 224 g/mol. The summed E-state index contributed by atoms with van der Waals surface area (Å²) in [6.07, 6.45) is 0. The van der Waals surface area contributed by atoms with Gasteiger partial charge in [-0.05, 0) is 13.0 Å². The summed E-state index contributed by atoms with van der Waals surface area (Å²) in [5, 5.41) is 13.4. The predicted molar refractivity (Wildman–Crippen MR) is 60.8 cm³/mol. The first-order chi connectivity index (χ1) is 8.09. The minimum Gasteiger partial charge on any atom is -0.380 e. The van der Waals surface area contributed by atoms with Crippen molar-refractivity contribution in [1.29, 1.82) is 0 Å². The van der Waals surface area contributed by atoms with Gasteiger partial charge in [0.2, 0.25) is 5.91 Å². The molecule has 0 aliphatic carbocycles. The molecule has 1 N–H and O–H groups in total. The largest absolute Gasteiger partial charge is 0.380 e. The number of nitro groups is 1. The molecule has 1 saturated heterocycles. The van der Waals surface area contributed by atoms with Crippen LogP contribution in [0.1, 0.15) is 5.56 Å². The number of anilines is 1. The van der Waals surface area contributed by atoms with E-state index in [0.717, 1.165) is 0 Å². The second-order valence-corrected chi connectivity index (χ2v) is 3.93. The summed E-state index contributed by atoms with van der Waals surface area (Å²) in [4.78, 5) is 21.9. The molecule has 0 spiro atoms. The molecule has 0 unspecified atom stereocenters. The van der Waals surface area contributed by atoms with Gasteiger partial charge in [-0.25, -0.2) is 0 Å². The molecule has 0 aromatic heterocycles. The molecule has 1 aromatic rings. The molecule has 90 valence electrons. The van der Waals surface area contributed by atoms with Crippen molar-refractivity contribution in [3.63, 3.8) is 0 Å². The van der Waals surface area contributed by atoms with E-state index in [2.05, 4.69) is 5.32 Å². The Kier molecular flexibility index (Phi) is 3.06. The van der Waals surface area contributed by atoms with E-state index in [0.29, 0.717) is 24.5 Å². The maximum absolute atomic E-state index is 11.7. The van der Waals surface area contributed by atoms with Gasteiger partial charge in [-0.3, -0.25) is 14.9 Å². The van der Waals surface area contributed by atoms with Crippen LogP contribution in [0.25, 0.3) is 0 Å². The van der Waals surface area contributed by atoms with Crippen molar-refractivity contribution in [1.82, 2.24) is 0 Å². The van der Waals surface area contributed by atoms with Crippen LogP contribution in [0, 0.1) is 23.0 Å². The fourth-order valence-electron chi connectivity index (χ4n) is 1.58. The minimum absolute atomic E-state index is 0.00709. The average molecular weight is 236 g/mol. The highest BCUT2D eigenvalue weighted by molar-refractivity contribution is 5.94. The van der Waals surface area contributed by atoms with Crippen molar-refractivity contribution in [3.8, 4) is 0 Å². The number of rotatable bonds is 3. The Balaban J connectivity index is 2.18. The number of ether oxygens (including phenoxy) is 1. The minimum atomic E-state index is -0.461. The lowest BCUT2D eigenvalue weighted by Crippen LogP contribution is -2.38. The standard InChI is InChI=1S/C11H12N2O4/c1-7-9(3-2-4-10(7)13(15)16)12-11(14)8-5-17-6-8/h2-4,8H,5-6H2,1H3,(H,12,14). The normalized spacial score (nSPS) is 15.1. The molecule has 0 bridgehead atoms. The Bertz CT molecular complexity index is 469. The van der Waals surface area contributed by atoms with Crippen molar-refractivity contribution in [3.05, 3.63) is 33.9 Å². The molecule has 17 heavy (non-hydrogen) atoms. The molecule has 1 aromatic carbocycles. The Morgan fingerprint density at radius 3 is 2.76 bits per heavy atom. The maximum atomic E-state index is 11.7. The second-order valence-electron chi connectivity index (χ2n) is 3.93. The summed E-state index contributed by atoms with van der Waals surface area (Å²) in [5.41, 5.74) is 0.954. The number of carbonyl (C=O) groups excluding carboxylic acids is 1. The van der Waals surface area contributed by atoms with Gasteiger partial charge in [0.25, 0.3) is 5.69 Å². The molecule has 1 fully saturated rings. The van der Waals surface area contributed by atoms with E-state index in [1.165, 1.54) is 6.07 Å². The SMILES string of the molecule is Cc1c(NC(=O)C2COC2)cccc1[N+](=O)[O-]. The van der Waals surface area contributed by atoms with Crippen LogP contribution >= 0.6 is 0 Å². The molecule has 0 saturated carbocycles. The van der Waals surface area contributed by atoms with E-state index in [1.54, 1.807) is 19.1 Å². The topological polar surface area (TPSA) is 81.5 Å². The molecule has 6 heteroatoms. The molecule has 0 radical (unpaired) electrons. The van der Waals surface area contributed by atoms with E-state index in [4.69, 9.17) is 4.74 Å². The van der Waals surface area contributed by atoms with Gasteiger partial charge in [-0.1, -0.05) is 6.07 Å². The van der Waals surface area contributed by atoms with Gasteiger partial charge in [-0.2, -0.15) is 0 Å². The Morgan fingerprint density at radius 1 is 1.53 bits per heavy atom. The molecule has 1 heterocycles. The van der Waals surface area contributed by atoms with Crippen LogP contribution in [0.3, 0.4) is 0 Å². The monoisotopic (exact) mass is 236 g/mol. The third-order valence-corrected chi connectivity index (χ3v) is 2.77. The van der Waals surface area contributed by atoms with Crippen LogP contribution in [-0.2, 0) is 9.53 Å². The smallest absolute Gasteiger partial charge is 0.274 e. The third-order valence-electron chi connectivity index (χ3n) is 2.77. The zero-order chi connectivity index (χ0) is 12.4. The molecule has 1 amide bonds. The van der Waals surface area contributed by atoms with Gasteiger partial charge in [0.1, 0.15) is 0 Å². The van der Waals surface area contributed by atoms with Crippen molar-refractivity contribution >= 4 is 17.3 Å². The number of nitro benzene ring substituents is 1. The quantitative estimate of drug-likeness (QED) is 0.636. The van der Waals surface area contributed by atoms with Crippen molar-refractivity contribution in [2.45, 2.75) is 6.92 Å². The van der Waals surface area contributed by atoms with E-state index in [-0.39, 0.29) is 17.5 Å². The molecule has 1 aliphatic rings. The lowest BCUT2D eigenvalue weighted by atomic mass is 10.1. The van der Waals surface area contributed by atoms with E-state index in [9.17, 15) is 14.9 Å². The number of hydrogen-bond donors (Lipinski definition) is 1. The number of benzene rings is 1. The summed E-state index contributed by atoms with van der Waals surface area (Å²) in [7, 11) is 0. The van der Waals surface area contributed by atoms with Crippen molar-refractivity contribution in [2.24, 2.45) is 5.92 Å². The van der Waals surface area contributed by atoms with Gasteiger partial charge in [0.05, 0.1) is 35.3 Å². The van der Waals surface area contributed by atoms with Crippen molar-refractivity contribution < 1.29 is 14.5 Å². The fraction of sp³-hybridized carbons (Fsp3) is 0.364. The maximum Gasteiger partial charge on any atom is 0.274 e. The van der Waals surface area contributed by atoms with Gasteiger partial charge < -0.3 is 10.1 Å². The highest BCUT2D eigenvalue weighted by Gasteiger charge is 2.27. The van der Waals surface area contributed by atoms with Crippen LogP contribution in [-0.4, -0.2) is 24.0 Å². The number of carbonyl (C=O) groups is 1. The first-order valence-corrected chi connectivity index (χ1v) is 5.22. The Hall–Kier alpha value is -1.95. The third kappa shape index (κ3) is 2.26. The van der Waals surface area contributed by atoms with Gasteiger partial charge in [-0.15, -0.1) is 0 Å². The van der Waals surface area contributed by atoms with Gasteiger partial charge in [0, 0.05) is 6.07 Å². The predicted octanol–water partition coefficient (Wildman–Crippen LogP) is 1.49. The van der Waals surface area contributed by atoms with E-state index in [1.807, 2.05) is 0 Å². The highest BCUT2D eigenvalue weighted by atomic mass is 16.6. The van der Waals surface area contributed by atoms with Crippen LogP contribution < -0.4 is 5.32 Å². The van der Waals surface area contributed by atoms with E-state index >= 15 is 0 Å². The number of nitrogens with zero attached hydrogens (tertiary/aromatic N) is 1. The van der Waals surface area contributed by atoms with E-state index < -0.39 is 4.92 Å². The highest BCUT2D eigenvalue weighted by Crippen LogP contribution is 2.25. The summed E-state index contributed by atoms with van der Waals surface area (Å²) in [6, 6.07) is 4.62. The molecule has 2 rings (SSSR count).